The maximum absolute atomic E-state index is 14.8. The Labute approximate surface area is 240 Å². The number of fused-ring (bicyclic) bond motifs is 1. The number of hydrogen-bond acceptors (Lipinski definition) is 8. The summed E-state index contributed by atoms with van der Waals surface area (Å²) in [6.45, 7) is 6.49. The molecule has 3 heterocycles. The summed E-state index contributed by atoms with van der Waals surface area (Å²) in [6.07, 6.45) is 1.31. The highest BCUT2D eigenvalue weighted by molar-refractivity contribution is 6.42. The Hall–Kier alpha value is -3.57. The molecule has 2 aliphatic rings. The molecule has 0 bridgehead atoms. The largest absolute Gasteiger partial charge is 0.494 e. The van der Waals surface area contributed by atoms with E-state index in [2.05, 4.69) is 15.3 Å². The molecule has 1 aromatic heterocycles. The lowest BCUT2D eigenvalue weighted by atomic mass is 9.91. The minimum absolute atomic E-state index is 0.0723. The maximum atomic E-state index is 14.8. The molecule has 3 aromatic rings. The third kappa shape index (κ3) is 5.40. The van der Waals surface area contributed by atoms with Gasteiger partial charge >= 0.3 is 12.2 Å². The van der Waals surface area contributed by atoms with Crippen LogP contribution in [0.4, 0.5) is 31.2 Å². The molecule has 0 saturated carbocycles. The fourth-order valence-corrected chi connectivity index (χ4v) is 5.10. The fraction of sp³-hybridized carbons (Fsp3) is 0.407. The summed E-state index contributed by atoms with van der Waals surface area (Å²) in [7, 11) is 1.49. The van der Waals surface area contributed by atoms with E-state index in [4.69, 9.17) is 37.4 Å². The van der Waals surface area contributed by atoms with E-state index >= 15 is 0 Å². The van der Waals surface area contributed by atoms with Crippen LogP contribution in [0, 0.1) is 5.82 Å². The number of hydrogen-bond donors (Lipinski definition) is 1. The van der Waals surface area contributed by atoms with Crippen molar-refractivity contribution in [1.82, 2.24) is 14.9 Å². The van der Waals surface area contributed by atoms with Crippen molar-refractivity contribution >= 4 is 63.5 Å². The normalized spacial score (nSPS) is 16.8. The van der Waals surface area contributed by atoms with Crippen molar-refractivity contribution in [2.24, 2.45) is 0 Å². The zero-order valence-corrected chi connectivity index (χ0v) is 23.9. The molecular formula is C27H28Cl2FN5O5. The lowest BCUT2D eigenvalue weighted by Gasteiger charge is -2.37. The number of aromatic nitrogens is 2. The monoisotopic (exact) mass is 591 g/mol. The van der Waals surface area contributed by atoms with Gasteiger partial charge in [0.05, 0.1) is 40.6 Å². The number of ether oxygens (including phenoxy) is 3. The molecule has 2 aromatic carbocycles. The summed E-state index contributed by atoms with van der Waals surface area (Å²) in [5.74, 6) is -0.0327. The predicted octanol–water partition coefficient (Wildman–Crippen LogP) is 6.55. The SMILES string of the molecule is COc1cc2ncnc(Nc3ccc(Cl)c(Cl)c3F)c2cc1N1CC2(CCN(C(=O)OC(C)(C)C)CC2)OC1=O. The Morgan fingerprint density at radius 3 is 2.58 bits per heavy atom. The van der Waals surface area contributed by atoms with Crippen LogP contribution in [-0.2, 0) is 9.47 Å². The molecule has 13 heteroatoms. The van der Waals surface area contributed by atoms with Gasteiger partial charge < -0.3 is 24.4 Å². The van der Waals surface area contributed by atoms with Crippen LogP contribution in [-0.4, -0.2) is 65.0 Å². The van der Waals surface area contributed by atoms with Crippen LogP contribution in [0.2, 0.25) is 10.0 Å². The molecule has 2 fully saturated rings. The Morgan fingerprint density at radius 1 is 1.18 bits per heavy atom. The molecule has 1 spiro atoms. The first-order valence-electron chi connectivity index (χ1n) is 12.6. The van der Waals surface area contributed by atoms with Gasteiger partial charge in [-0.25, -0.2) is 23.9 Å². The van der Waals surface area contributed by atoms with Crippen molar-refractivity contribution < 1.29 is 28.2 Å². The number of anilines is 3. The number of carbonyl (C=O) groups excluding carboxylic acids is 2. The topological polar surface area (TPSA) is 106 Å². The molecule has 0 unspecified atom stereocenters. The van der Waals surface area contributed by atoms with Gasteiger partial charge in [0.1, 0.15) is 29.1 Å². The standard InChI is InChI=1S/C27H28Cl2FN5O5/c1-26(2,3)39-24(36)34-9-7-27(8-10-34)13-35(25(37)40-27)19-11-15-18(12-20(19)38-4)31-14-32-23(15)33-17-6-5-16(28)21(29)22(17)30/h5-6,11-12,14H,7-10,13H2,1-4H3,(H,31,32,33). The van der Waals surface area contributed by atoms with Crippen molar-refractivity contribution in [2.45, 2.75) is 44.8 Å². The molecule has 1 N–H and O–H groups in total. The highest BCUT2D eigenvalue weighted by Gasteiger charge is 2.49. The molecule has 0 radical (unpaired) electrons. The number of methoxy groups -OCH3 is 1. The number of nitrogens with zero attached hydrogens (tertiary/aromatic N) is 4. The van der Waals surface area contributed by atoms with Crippen LogP contribution in [0.1, 0.15) is 33.6 Å². The fourth-order valence-electron chi connectivity index (χ4n) is 4.79. The van der Waals surface area contributed by atoms with Gasteiger partial charge in [-0.2, -0.15) is 0 Å². The number of halogens is 3. The number of carbonyl (C=O) groups is 2. The molecule has 0 aliphatic carbocycles. The van der Waals surface area contributed by atoms with Gasteiger partial charge in [0.15, 0.2) is 5.82 Å². The number of benzene rings is 2. The summed E-state index contributed by atoms with van der Waals surface area (Å²) < 4.78 is 31.7. The van der Waals surface area contributed by atoms with E-state index in [9.17, 15) is 14.0 Å². The number of nitrogens with one attached hydrogen (secondary N) is 1. The van der Waals surface area contributed by atoms with E-state index in [1.165, 1.54) is 30.5 Å². The lowest BCUT2D eigenvalue weighted by molar-refractivity contribution is -0.0167. The van der Waals surface area contributed by atoms with Crippen molar-refractivity contribution in [3.8, 4) is 5.75 Å². The van der Waals surface area contributed by atoms with Gasteiger partial charge in [-0.3, -0.25) is 4.90 Å². The molecule has 5 rings (SSSR count). The Kier molecular flexibility index (Phi) is 7.30. The van der Waals surface area contributed by atoms with E-state index in [1.54, 1.807) is 17.0 Å². The number of rotatable bonds is 4. The first-order valence-corrected chi connectivity index (χ1v) is 13.4. The molecule has 2 amide bonds. The van der Waals surface area contributed by atoms with Crippen molar-refractivity contribution in [3.63, 3.8) is 0 Å². The predicted molar refractivity (Wildman–Crippen MR) is 149 cm³/mol. The first-order chi connectivity index (χ1) is 18.9. The van der Waals surface area contributed by atoms with Crippen LogP contribution in [0.3, 0.4) is 0 Å². The van der Waals surface area contributed by atoms with Gasteiger partial charge in [0.2, 0.25) is 0 Å². The van der Waals surface area contributed by atoms with Crippen LogP contribution in [0.15, 0.2) is 30.6 Å². The minimum Gasteiger partial charge on any atom is -0.494 e. The van der Waals surface area contributed by atoms with Gasteiger partial charge in [-0.15, -0.1) is 0 Å². The van der Waals surface area contributed by atoms with E-state index in [0.717, 1.165) is 0 Å². The van der Waals surface area contributed by atoms with Crippen molar-refractivity contribution in [3.05, 3.63) is 46.5 Å². The Bertz CT molecular complexity index is 1490. The third-order valence-electron chi connectivity index (χ3n) is 6.81. The van der Waals surface area contributed by atoms with Crippen LogP contribution < -0.4 is 15.0 Å². The molecule has 212 valence electrons. The molecular weight excluding hydrogens is 564 g/mol. The number of likely N-dealkylation sites (tertiary alicyclic amines) is 1. The van der Waals surface area contributed by atoms with Crippen LogP contribution in [0.25, 0.3) is 10.9 Å². The second-order valence-electron chi connectivity index (χ2n) is 10.7. The Morgan fingerprint density at radius 2 is 1.90 bits per heavy atom. The Balaban J connectivity index is 1.42. The minimum atomic E-state index is -0.771. The zero-order valence-electron chi connectivity index (χ0n) is 22.4. The van der Waals surface area contributed by atoms with Crippen molar-refractivity contribution in [1.29, 1.82) is 0 Å². The summed E-state index contributed by atoms with van der Waals surface area (Å²) in [5, 5.41) is 3.33. The number of piperidine rings is 1. The average Bonchev–Trinajstić information content (AvgIpc) is 3.22. The highest BCUT2D eigenvalue weighted by atomic mass is 35.5. The van der Waals surface area contributed by atoms with Crippen molar-refractivity contribution in [2.75, 3.05) is 37.0 Å². The first kappa shape index (κ1) is 28.0. The van der Waals surface area contributed by atoms with E-state index in [0.29, 0.717) is 54.1 Å². The zero-order chi connectivity index (χ0) is 28.8. The van der Waals surface area contributed by atoms with E-state index in [1.807, 2.05) is 20.8 Å². The molecule has 2 saturated heterocycles. The van der Waals surface area contributed by atoms with Gasteiger partial charge in [-0.1, -0.05) is 23.2 Å². The smallest absolute Gasteiger partial charge is 0.415 e. The molecule has 10 nitrogen and oxygen atoms in total. The lowest BCUT2D eigenvalue weighted by Crippen LogP contribution is -2.49. The summed E-state index contributed by atoms with van der Waals surface area (Å²) in [5.41, 5.74) is -0.348. The van der Waals surface area contributed by atoms with Crippen LogP contribution in [0.5, 0.6) is 5.75 Å². The average molecular weight is 592 g/mol. The molecule has 40 heavy (non-hydrogen) atoms. The second kappa shape index (κ2) is 10.4. The highest BCUT2D eigenvalue weighted by Crippen LogP contribution is 2.42. The summed E-state index contributed by atoms with van der Waals surface area (Å²) >= 11 is 11.9. The second-order valence-corrected chi connectivity index (χ2v) is 11.5. The van der Waals surface area contributed by atoms with E-state index in [-0.39, 0.29) is 22.3 Å². The van der Waals surface area contributed by atoms with Gasteiger partial charge in [0, 0.05) is 37.4 Å². The molecule has 0 atom stereocenters. The number of amides is 2. The van der Waals surface area contributed by atoms with E-state index < -0.39 is 29.2 Å². The quantitative estimate of drug-likeness (QED) is 0.340. The maximum Gasteiger partial charge on any atom is 0.415 e. The van der Waals surface area contributed by atoms with Gasteiger partial charge in [0.25, 0.3) is 0 Å². The third-order valence-corrected chi connectivity index (χ3v) is 7.59. The van der Waals surface area contributed by atoms with Gasteiger partial charge in [-0.05, 0) is 39.0 Å². The van der Waals surface area contributed by atoms with Crippen LogP contribution >= 0.6 is 23.2 Å². The molecule has 2 aliphatic heterocycles. The summed E-state index contributed by atoms with van der Waals surface area (Å²) in [6, 6.07) is 6.29. The summed E-state index contributed by atoms with van der Waals surface area (Å²) in [4.78, 5) is 37.4.